The SMILES string of the molecule is CCOc1cc(C2C(C(=O)OC(C)C)=C(C)Nc3ncnn32)cc(Br)c1OCc1ccc(Cl)cc1Cl. The normalized spacial score (nSPS) is 14.9. The van der Waals surface area contributed by atoms with E-state index >= 15 is 0 Å². The number of nitrogens with one attached hydrogen (secondary N) is 1. The maximum absolute atomic E-state index is 13.1. The summed E-state index contributed by atoms with van der Waals surface area (Å²) in [6.45, 7) is 7.93. The van der Waals surface area contributed by atoms with Gasteiger partial charge in [0.2, 0.25) is 5.95 Å². The first-order valence-electron chi connectivity index (χ1n) is 11.3. The van der Waals surface area contributed by atoms with E-state index in [-0.39, 0.29) is 12.7 Å². The Bertz CT molecular complexity index is 1330. The molecule has 0 aliphatic carbocycles. The monoisotopic (exact) mass is 594 g/mol. The fourth-order valence-electron chi connectivity index (χ4n) is 3.88. The average Bonchev–Trinajstić information content (AvgIpc) is 3.26. The van der Waals surface area contributed by atoms with Gasteiger partial charge < -0.3 is 19.5 Å². The molecular weight excluding hydrogens is 571 g/mol. The fourth-order valence-corrected chi connectivity index (χ4v) is 4.92. The van der Waals surface area contributed by atoms with Crippen LogP contribution in [0.5, 0.6) is 11.5 Å². The quantitative estimate of drug-likeness (QED) is 0.295. The summed E-state index contributed by atoms with van der Waals surface area (Å²) in [5.74, 6) is 1.09. The standard InChI is InChI=1S/C25H25BrCl2N4O4/c1-5-34-20-9-16(8-18(26)23(20)35-11-15-6-7-17(27)10-19(15)28)22-21(24(33)36-13(2)3)14(4)31-25-29-12-30-32(22)25/h6-10,12-13,22H,5,11H2,1-4H3,(H,29,30,31). The van der Waals surface area contributed by atoms with E-state index in [1.54, 1.807) is 16.8 Å². The molecular formula is C25H25BrCl2N4O4. The van der Waals surface area contributed by atoms with Crippen LogP contribution >= 0.6 is 39.1 Å². The third kappa shape index (κ3) is 5.48. The van der Waals surface area contributed by atoms with Gasteiger partial charge in [-0.25, -0.2) is 9.48 Å². The predicted octanol–water partition coefficient (Wildman–Crippen LogP) is 6.57. The van der Waals surface area contributed by atoms with E-state index < -0.39 is 12.0 Å². The van der Waals surface area contributed by atoms with Crippen molar-refractivity contribution in [3.8, 4) is 11.5 Å². The number of hydrogen-bond acceptors (Lipinski definition) is 7. The van der Waals surface area contributed by atoms with Gasteiger partial charge in [-0.3, -0.25) is 0 Å². The summed E-state index contributed by atoms with van der Waals surface area (Å²) >= 11 is 16.0. The van der Waals surface area contributed by atoms with E-state index in [0.717, 1.165) is 11.1 Å². The van der Waals surface area contributed by atoms with Gasteiger partial charge in [0.1, 0.15) is 19.0 Å². The second-order valence-corrected chi connectivity index (χ2v) is 10.0. The number of rotatable bonds is 8. The number of esters is 1. The Kier molecular flexibility index (Phi) is 8.12. The third-order valence-corrected chi connectivity index (χ3v) is 6.57. The highest BCUT2D eigenvalue weighted by Gasteiger charge is 2.35. The van der Waals surface area contributed by atoms with Crippen LogP contribution in [0.4, 0.5) is 5.95 Å². The maximum atomic E-state index is 13.1. The van der Waals surface area contributed by atoms with Crippen molar-refractivity contribution >= 4 is 51.0 Å². The second-order valence-electron chi connectivity index (χ2n) is 8.34. The summed E-state index contributed by atoms with van der Waals surface area (Å²) in [6, 6.07) is 8.36. The third-order valence-electron chi connectivity index (χ3n) is 5.39. The minimum Gasteiger partial charge on any atom is -0.490 e. The van der Waals surface area contributed by atoms with E-state index in [2.05, 4.69) is 31.3 Å². The summed E-state index contributed by atoms with van der Waals surface area (Å²) in [7, 11) is 0. The van der Waals surface area contributed by atoms with E-state index in [1.807, 2.05) is 45.9 Å². The Balaban J connectivity index is 1.75. The van der Waals surface area contributed by atoms with Crippen LogP contribution < -0.4 is 14.8 Å². The highest BCUT2D eigenvalue weighted by atomic mass is 79.9. The lowest BCUT2D eigenvalue weighted by atomic mass is 9.95. The number of ether oxygens (including phenoxy) is 3. The molecule has 1 unspecified atom stereocenters. The van der Waals surface area contributed by atoms with Crippen LogP contribution in [0.2, 0.25) is 10.0 Å². The Morgan fingerprint density at radius 1 is 1.22 bits per heavy atom. The summed E-state index contributed by atoms with van der Waals surface area (Å²) in [5, 5.41) is 8.57. The van der Waals surface area contributed by atoms with Crippen molar-refractivity contribution in [2.24, 2.45) is 0 Å². The first-order valence-corrected chi connectivity index (χ1v) is 12.9. The first kappa shape index (κ1) is 26.3. The van der Waals surface area contributed by atoms with Crippen LogP contribution in [-0.2, 0) is 16.1 Å². The minimum atomic E-state index is -0.592. The molecule has 1 aliphatic heterocycles. The lowest BCUT2D eigenvalue weighted by Gasteiger charge is -2.29. The van der Waals surface area contributed by atoms with Gasteiger partial charge in [-0.2, -0.15) is 10.1 Å². The molecule has 3 aromatic rings. The number of hydrogen-bond donors (Lipinski definition) is 1. The van der Waals surface area contributed by atoms with Gasteiger partial charge in [-0.1, -0.05) is 29.3 Å². The van der Waals surface area contributed by atoms with Gasteiger partial charge >= 0.3 is 5.97 Å². The topological polar surface area (TPSA) is 87.5 Å². The smallest absolute Gasteiger partial charge is 0.338 e. The molecule has 1 aromatic heterocycles. The highest BCUT2D eigenvalue weighted by Crippen LogP contribution is 2.43. The maximum Gasteiger partial charge on any atom is 0.338 e. The summed E-state index contributed by atoms with van der Waals surface area (Å²) < 4.78 is 19.9. The van der Waals surface area contributed by atoms with Crippen molar-refractivity contribution in [3.63, 3.8) is 0 Å². The van der Waals surface area contributed by atoms with Crippen molar-refractivity contribution in [1.29, 1.82) is 0 Å². The minimum absolute atomic E-state index is 0.208. The average molecular weight is 596 g/mol. The molecule has 190 valence electrons. The molecule has 1 atom stereocenters. The Hall–Kier alpha value is -2.75. The molecule has 0 bridgehead atoms. The van der Waals surface area contributed by atoms with Crippen molar-refractivity contribution in [3.05, 3.63) is 73.6 Å². The number of aromatic nitrogens is 3. The molecule has 1 N–H and O–H groups in total. The van der Waals surface area contributed by atoms with Crippen molar-refractivity contribution in [2.45, 2.75) is 46.4 Å². The fraction of sp³-hybridized carbons (Fsp3) is 0.320. The van der Waals surface area contributed by atoms with Crippen molar-refractivity contribution in [1.82, 2.24) is 14.8 Å². The summed E-state index contributed by atoms with van der Waals surface area (Å²) in [6.07, 6.45) is 1.15. The van der Waals surface area contributed by atoms with Crippen LogP contribution in [-0.4, -0.2) is 33.4 Å². The van der Waals surface area contributed by atoms with Gasteiger partial charge in [-0.05, 0) is 73.5 Å². The van der Waals surface area contributed by atoms with Crippen LogP contribution in [0.15, 0.2) is 52.4 Å². The highest BCUT2D eigenvalue weighted by molar-refractivity contribution is 9.10. The number of benzene rings is 2. The number of fused-ring (bicyclic) bond motifs is 1. The molecule has 0 spiro atoms. The summed E-state index contributed by atoms with van der Waals surface area (Å²) in [5.41, 5.74) is 2.59. The number of anilines is 1. The molecule has 0 radical (unpaired) electrons. The van der Waals surface area contributed by atoms with Crippen molar-refractivity contribution in [2.75, 3.05) is 11.9 Å². The molecule has 0 amide bonds. The molecule has 1 aliphatic rings. The molecule has 36 heavy (non-hydrogen) atoms. The Labute approximate surface area is 227 Å². The van der Waals surface area contributed by atoms with Gasteiger partial charge in [0.25, 0.3) is 0 Å². The number of halogens is 3. The van der Waals surface area contributed by atoms with E-state index in [0.29, 0.717) is 49.8 Å². The number of carbonyl (C=O) groups excluding carboxylic acids is 1. The molecule has 0 saturated carbocycles. The summed E-state index contributed by atoms with van der Waals surface area (Å²) in [4.78, 5) is 17.4. The van der Waals surface area contributed by atoms with Crippen LogP contribution in [0.25, 0.3) is 0 Å². The van der Waals surface area contributed by atoms with E-state index in [1.165, 1.54) is 6.33 Å². The molecule has 2 aromatic carbocycles. The lowest BCUT2D eigenvalue weighted by Crippen LogP contribution is -2.30. The van der Waals surface area contributed by atoms with Gasteiger partial charge in [-0.15, -0.1) is 0 Å². The second kappa shape index (κ2) is 11.1. The molecule has 0 fully saturated rings. The van der Waals surface area contributed by atoms with Gasteiger partial charge in [0, 0.05) is 21.3 Å². The number of nitrogens with zero attached hydrogens (tertiary/aromatic N) is 3. The molecule has 4 rings (SSSR count). The molecule has 2 heterocycles. The Morgan fingerprint density at radius 2 is 2.00 bits per heavy atom. The van der Waals surface area contributed by atoms with Gasteiger partial charge in [0.15, 0.2) is 11.5 Å². The predicted molar refractivity (Wildman–Crippen MR) is 142 cm³/mol. The van der Waals surface area contributed by atoms with Crippen LogP contribution in [0, 0.1) is 0 Å². The number of carbonyl (C=O) groups is 1. The van der Waals surface area contributed by atoms with Gasteiger partial charge in [0.05, 0.1) is 22.8 Å². The van der Waals surface area contributed by atoms with Crippen LogP contribution in [0.3, 0.4) is 0 Å². The largest absolute Gasteiger partial charge is 0.490 e. The zero-order valence-corrected chi connectivity index (χ0v) is 23.2. The van der Waals surface area contributed by atoms with Crippen molar-refractivity contribution < 1.29 is 19.0 Å². The number of allylic oxidation sites excluding steroid dienone is 1. The molecule has 0 saturated heterocycles. The molecule has 11 heteroatoms. The van der Waals surface area contributed by atoms with E-state index in [9.17, 15) is 4.79 Å². The lowest BCUT2D eigenvalue weighted by molar-refractivity contribution is -0.143. The first-order chi connectivity index (χ1) is 17.2. The van der Waals surface area contributed by atoms with E-state index in [4.69, 9.17) is 37.4 Å². The zero-order valence-electron chi connectivity index (χ0n) is 20.1. The Morgan fingerprint density at radius 3 is 2.69 bits per heavy atom. The molecule has 8 nitrogen and oxygen atoms in total. The zero-order chi connectivity index (χ0) is 26.0. The van der Waals surface area contributed by atoms with Crippen LogP contribution in [0.1, 0.15) is 44.9 Å².